The van der Waals surface area contributed by atoms with Crippen LogP contribution in [-0.4, -0.2) is 80.8 Å². The van der Waals surface area contributed by atoms with Crippen molar-refractivity contribution in [2.75, 3.05) is 40.1 Å². The van der Waals surface area contributed by atoms with E-state index in [1.165, 1.54) is 30.2 Å². The van der Waals surface area contributed by atoms with Crippen LogP contribution in [0.3, 0.4) is 0 Å². The van der Waals surface area contributed by atoms with Crippen LogP contribution in [0.25, 0.3) is 16.7 Å². The van der Waals surface area contributed by atoms with Gasteiger partial charge in [-0.2, -0.15) is 0 Å². The molecule has 3 aliphatic heterocycles. The normalized spacial score (nSPS) is 20.2. The number of hydrogen-bond acceptors (Lipinski definition) is 8. The lowest BCUT2D eigenvalue weighted by molar-refractivity contribution is -0.136. The maximum atomic E-state index is 15.2. The Balaban J connectivity index is 1.37. The van der Waals surface area contributed by atoms with Crippen molar-refractivity contribution in [3.63, 3.8) is 0 Å². The first-order valence-electron chi connectivity index (χ1n) is 14.8. The zero-order valence-corrected chi connectivity index (χ0v) is 26.6. The van der Waals surface area contributed by atoms with E-state index in [4.69, 9.17) is 13.9 Å². The van der Waals surface area contributed by atoms with Crippen molar-refractivity contribution >= 4 is 42.6 Å². The van der Waals surface area contributed by atoms with Gasteiger partial charge in [-0.15, -0.1) is 0 Å². The number of nitrogens with zero attached hydrogens (tertiary/aromatic N) is 3. The molecule has 0 saturated carbocycles. The maximum absolute atomic E-state index is 15.2. The smallest absolute Gasteiger partial charge is 0.327 e. The third-order valence-corrected chi connectivity index (χ3v) is 10.0. The van der Waals surface area contributed by atoms with Gasteiger partial charge in [0.05, 0.1) is 19.2 Å². The summed E-state index contributed by atoms with van der Waals surface area (Å²) in [5.74, 6) is -2.91. The first-order chi connectivity index (χ1) is 21.4. The summed E-state index contributed by atoms with van der Waals surface area (Å²) < 4.78 is 47.2. The molecule has 4 amide bonds. The van der Waals surface area contributed by atoms with Crippen LogP contribution in [0.5, 0.6) is 5.75 Å². The Bertz CT molecular complexity index is 1740. The number of pyridine rings is 1. The van der Waals surface area contributed by atoms with Crippen LogP contribution in [0.1, 0.15) is 33.8 Å². The number of urea groups is 1. The second-order valence-corrected chi connectivity index (χ2v) is 18.3. The Morgan fingerprint density at radius 1 is 1.16 bits per heavy atom. The molecule has 238 valence electrons. The van der Waals surface area contributed by atoms with Crippen LogP contribution >= 0.6 is 0 Å². The quantitative estimate of drug-likeness (QED) is 0.192. The van der Waals surface area contributed by atoms with Gasteiger partial charge in [0.15, 0.2) is 28.5 Å². The molecule has 6 rings (SSSR count). The SMILES string of the molecule is COc1ccc2c(c1F)C(=O)N(C[C@]1(c3cc4nc(C5=CCNCC5)c(F)cc4o3)NC(=O)N(COCC[Si](C)(C)C)C1=O)C2. The molecule has 1 aromatic carbocycles. The van der Waals surface area contributed by atoms with Crippen molar-refractivity contribution in [2.24, 2.45) is 0 Å². The topological polar surface area (TPSA) is 126 Å². The summed E-state index contributed by atoms with van der Waals surface area (Å²) in [6.45, 7) is 7.47. The van der Waals surface area contributed by atoms with Crippen LogP contribution in [0.4, 0.5) is 13.6 Å². The number of rotatable bonds is 10. The fourth-order valence-corrected chi connectivity index (χ4v) is 6.57. The minimum Gasteiger partial charge on any atom is -0.494 e. The summed E-state index contributed by atoms with van der Waals surface area (Å²) in [5, 5.41) is 5.91. The van der Waals surface area contributed by atoms with Gasteiger partial charge in [0.25, 0.3) is 11.8 Å². The first-order valence-corrected chi connectivity index (χ1v) is 18.5. The second-order valence-electron chi connectivity index (χ2n) is 12.7. The summed E-state index contributed by atoms with van der Waals surface area (Å²) in [6, 6.07) is 5.77. The van der Waals surface area contributed by atoms with Gasteiger partial charge < -0.3 is 29.4 Å². The summed E-state index contributed by atoms with van der Waals surface area (Å²) >= 11 is 0. The number of amides is 4. The van der Waals surface area contributed by atoms with Gasteiger partial charge in [-0.25, -0.2) is 23.5 Å². The Kier molecular flexibility index (Phi) is 7.99. The molecule has 3 aliphatic rings. The van der Waals surface area contributed by atoms with E-state index in [9.17, 15) is 14.4 Å². The van der Waals surface area contributed by atoms with E-state index >= 15 is 8.78 Å². The van der Waals surface area contributed by atoms with Gasteiger partial charge in [-0.3, -0.25) is 9.59 Å². The number of ether oxygens (including phenoxy) is 2. The number of hydrogen-bond donors (Lipinski definition) is 2. The zero-order chi connectivity index (χ0) is 32.1. The minimum atomic E-state index is -1.91. The largest absolute Gasteiger partial charge is 0.494 e. The highest BCUT2D eigenvalue weighted by Gasteiger charge is 2.57. The Morgan fingerprint density at radius 3 is 2.67 bits per heavy atom. The van der Waals surface area contributed by atoms with Crippen molar-refractivity contribution in [1.82, 2.24) is 25.4 Å². The highest BCUT2D eigenvalue weighted by Crippen LogP contribution is 2.38. The van der Waals surface area contributed by atoms with E-state index in [2.05, 4.69) is 35.3 Å². The molecule has 0 aliphatic carbocycles. The molecule has 0 bridgehead atoms. The average molecular weight is 640 g/mol. The molecule has 0 unspecified atom stereocenters. The van der Waals surface area contributed by atoms with E-state index in [0.29, 0.717) is 31.7 Å². The number of furan rings is 1. The number of fused-ring (bicyclic) bond motifs is 2. The van der Waals surface area contributed by atoms with Gasteiger partial charge in [-0.1, -0.05) is 31.8 Å². The van der Waals surface area contributed by atoms with E-state index in [1.54, 1.807) is 6.07 Å². The van der Waals surface area contributed by atoms with Crippen LogP contribution in [0, 0.1) is 11.6 Å². The van der Waals surface area contributed by atoms with Gasteiger partial charge in [0.2, 0.25) is 0 Å². The van der Waals surface area contributed by atoms with Crippen LogP contribution < -0.4 is 15.4 Å². The lowest BCUT2D eigenvalue weighted by Crippen LogP contribution is -2.52. The first kappa shape index (κ1) is 30.9. The highest BCUT2D eigenvalue weighted by molar-refractivity contribution is 6.76. The van der Waals surface area contributed by atoms with E-state index in [-0.39, 0.29) is 53.7 Å². The molecule has 2 aromatic heterocycles. The molecule has 0 radical (unpaired) electrons. The van der Waals surface area contributed by atoms with Crippen LogP contribution in [0.15, 0.2) is 34.8 Å². The molecular weight excluding hydrogens is 604 g/mol. The molecule has 1 saturated heterocycles. The summed E-state index contributed by atoms with van der Waals surface area (Å²) in [5.41, 5.74) is -0.401. The monoisotopic (exact) mass is 639 g/mol. The standard InChI is InChI=1S/C31H35F2N5O6Si/c1-42-22-6-5-19-15-37(28(39)25(19)26(22)33)16-31(29(40)38(30(41)36-31)17-43-11-12-45(2,3)4)24-14-21-23(44-24)13-20(32)27(35-21)18-7-9-34-10-8-18/h5-7,13-14,34H,8-12,15-17H2,1-4H3,(H,36,41)/t31-/m1/s1. The van der Waals surface area contributed by atoms with E-state index in [0.717, 1.165) is 16.5 Å². The summed E-state index contributed by atoms with van der Waals surface area (Å²) in [7, 11) is -0.137. The number of benzene rings is 1. The molecule has 2 N–H and O–H groups in total. The molecule has 3 aromatic rings. The molecule has 14 heteroatoms. The fourth-order valence-electron chi connectivity index (χ4n) is 5.81. The number of nitrogens with one attached hydrogen (secondary N) is 2. The lowest BCUT2D eigenvalue weighted by atomic mass is 9.95. The van der Waals surface area contributed by atoms with Crippen molar-refractivity contribution in [3.8, 4) is 5.75 Å². The molecule has 5 heterocycles. The predicted molar refractivity (Wildman–Crippen MR) is 163 cm³/mol. The lowest BCUT2D eigenvalue weighted by Gasteiger charge is -2.29. The van der Waals surface area contributed by atoms with Crippen molar-refractivity contribution in [1.29, 1.82) is 0 Å². The fraction of sp³-hybridized carbons (Fsp3) is 0.419. The number of carbonyl (C=O) groups excluding carboxylic acids is 3. The summed E-state index contributed by atoms with van der Waals surface area (Å²) in [6.07, 6.45) is 2.46. The molecule has 1 atom stereocenters. The highest BCUT2D eigenvalue weighted by atomic mass is 28.3. The number of aromatic nitrogens is 1. The van der Waals surface area contributed by atoms with Crippen molar-refractivity contribution < 1.29 is 37.1 Å². The van der Waals surface area contributed by atoms with Crippen LogP contribution in [-0.2, 0) is 21.6 Å². The number of imide groups is 1. The van der Waals surface area contributed by atoms with Crippen molar-refractivity contribution in [2.45, 2.75) is 44.2 Å². The van der Waals surface area contributed by atoms with Gasteiger partial charge >= 0.3 is 6.03 Å². The Morgan fingerprint density at radius 2 is 1.96 bits per heavy atom. The number of halogens is 2. The molecule has 0 spiro atoms. The minimum absolute atomic E-state index is 0.0217. The van der Waals surface area contributed by atoms with Gasteiger partial charge in [-0.05, 0) is 36.2 Å². The third kappa shape index (κ3) is 5.62. The molecular formula is C31H35F2N5O6Si. The Hall–Kier alpha value is -4.14. The average Bonchev–Trinajstić information content (AvgIpc) is 3.63. The maximum Gasteiger partial charge on any atom is 0.327 e. The van der Waals surface area contributed by atoms with E-state index in [1.807, 2.05) is 6.08 Å². The summed E-state index contributed by atoms with van der Waals surface area (Å²) in [4.78, 5) is 47.7. The van der Waals surface area contributed by atoms with E-state index < -0.39 is 43.1 Å². The molecule has 45 heavy (non-hydrogen) atoms. The zero-order valence-electron chi connectivity index (χ0n) is 25.6. The number of methoxy groups -OCH3 is 1. The molecule has 11 nitrogen and oxygen atoms in total. The number of carbonyl (C=O) groups is 3. The van der Waals surface area contributed by atoms with Crippen LogP contribution in [0.2, 0.25) is 25.7 Å². The predicted octanol–water partition coefficient (Wildman–Crippen LogP) is 4.21. The van der Waals surface area contributed by atoms with Gasteiger partial charge in [0.1, 0.15) is 23.7 Å². The van der Waals surface area contributed by atoms with Gasteiger partial charge in [0, 0.05) is 39.9 Å². The third-order valence-electron chi connectivity index (χ3n) is 8.34. The Labute approximate surface area is 259 Å². The molecule has 1 fully saturated rings. The second kappa shape index (κ2) is 11.7. The van der Waals surface area contributed by atoms with Crippen molar-refractivity contribution in [3.05, 3.63) is 64.6 Å².